The highest BCUT2D eigenvalue weighted by molar-refractivity contribution is 5.85. The molecule has 6 nitrogen and oxygen atoms in total. The highest BCUT2D eigenvalue weighted by Crippen LogP contribution is 2.43. The van der Waals surface area contributed by atoms with Gasteiger partial charge in [-0.3, -0.25) is 9.69 Å². The molecule has 8 heteroatoms. The smallest absolute Gasteiger partial charge is 0.317 e. The molecule has 32 heavy (non-hydrogen) atoms. The van der Waals surface area contributed by atoms with Gasteiger partial charge < -0.3 is 19.3 Å². The number of para-hydroxylation sites is 1. The van der Waals surface area contributed by atoms with Crippen LogP contribution in [0.15, 0.2) is 48.5 Å². The van der Waals surface area contributed by atoms with E-state index in [2.05, 4.69) is 6.08 Å². The topological polar surface area (TPSA) is 68.2 Å². The average Bonchev–Trinajstić information content (AvgIpc) is 2.76. The Morgan fingerprint density at radius 3 is 2.62 bits per heavy atom. The number of benzene rings is 2. The number of fused-ring (bicyclic) bond motifs is 1. The summed E-state index contributed by atoms with van der Waals surface area (Å²) in [6, 6.07) is 12.7. The third-order valence-corrected chi connectivity index (χ3v) is 5.75. The Balaban J connectivity index is 0.00000289. The van der Waals surface area contributed by atoms with E-state index in [0.717, 1.165) is 22.4 Å². The molecule has 0 bridgehead atoms. The molecule has 0 unspecified atom stereocenters. The van der Waals surface area contributed by atoms with Gasteiger partial charge in [0, 0.05) is 38.6 Å². The molecule has 0 radical (unpaired) electrons. The number of methoxy groups -OCH3 is 1. The second-order valence-corrected chi connectivity index (χ2v) is 7.88. The number of ether oxygens (including phenoxy) is 3. The first kappa shape index (κ1) is 24.0. The highest BCUT2D eigenvalue weighted by atomic mass is 35.5. The number of aliphatic carboxylic acids is 1. The van der Waals surface area contributed by atoms with Crippen molar-refractivity contribution in [3.63, 3.8) is 0 Å². The van der Waals surface area contributed by atoms with Crippen LogP contribution in [0.5, 0.6) is 11.5 Å². The highest BCUT2D eigenvalue weighted by Gasteiger charge is 2.39. The molecule has 2 aliphatic rings. The molecule has 0 aromatic heterocycles. The van der Waals surface area contributed by atoms with Crippen molar-refractivity contribution < 1.29 is 28.5 Å². The van der Waals surface area contributed by atoms with Gasteiger partial charge in [0.2, 0.25) is 0 Å². The van der Waals surface area contributed by atoms with Gasteiger partial charge in [-0.25, -0.2) is 4.39 Å². The summed E-state index contributed by atoms with van der Waals surface area (Å²) in [7, 11) is 1.57. The van der Waals surface area contributed by atoms with Crippen LogP contribution < -0.4 is 9.47 Å². The first-order valence-corrected chi connectivity index (χ1v) is 10.4. The van der Waals surface area contributed by atoms with Gasteiger partial charge in [0.25, 0.3) is 0 Å². The minimum absolute atomic E-state index is 0. The molecule has 0 amide bonds. The third-order valence-electron chi connectivity index (χ3n) is 5.75. The summed E-state index contributed by atoms with van der Waals surface area (Å²) >= 11 is 0. The van der Waals surface area contributed by atoms with Gasteiger partial charge in [-0.15, -0.1) is 12.4 Å². The maximum atomic E-state index is 14.7. The number of nitrogens with zero attached hydrogens (tertiary/aromatic N) is 1. The second-order valence-electron chi connectivity index (χ2n) is 7.88. The quantitative estimate of drug-likeness (QED) is 0.626. The van der Waals surface area contributed by atoms with Gasteiger partial charge in [0.05, 0.1) is 13.2 Å². The first-order chi connectivity index (χ1) is 15.0. The lowest BCUT2D eigenvalue weighted by molar-refractivity contribution is -0.139. The predicted molar refractivity (Wildman–Crippen MR) is 121 cm³/mol. The zero-order valence-corrected chi connectivity index (χ0v) is 18.7. The molecule has 2 heterocycles. The Bertz CT molecular complexity index is 988. The fourth-order valence-corrected chi connectivity index (χ4v) is 4.15. The SMILES string of the molecule is COCCOc1ccc(C2=CC3(CCN(CC(=O)O)CC3)Oc3ccccc32)cc1F.Cl. The van der Waals surface area contributed by atoms with Crippen molar-refractivity contribution in [1.82, 2.24) is 4.90 Å². The van der Waals surface area contributed by atoms with Crippen LogP contribution in [-0.4, -0.2) is 61.5 Å². The van der Waals surface area contributed by atoms with Crippen molar-refractivity contribution in [1.29, 1.82) is 0 Å². The molecule has 2 aromatic rings. The molecular formula is C24H27ClFNO5. The fourth-order valence-electron chi connectivity index (χ4n) is 4.15. The van der Waals surface area contributed by atoms with Gasteiger partial charge in [0.15, 0.2) is 11.6 Å². The average molecular weight is 464 g/mol. The number of piperidine rings is 1. The van der Waals surface area contributed by atoms with Crippen LogP contribution in [-0.2, 0) is 9.53 Å². The van der Waals surface area contributed by atoms with E-state index in [4.69, 9.17) is 19.3 Å². The van der Waals surface area contributed by atoms with Gasteiger partial charge in [-0.2, -0.15) is 0 Å². The zero-order chi connectivity index (χ0) is 21.8. The Kier molecular flexibility index (Phi) is 7.77. The minimum Gasteiger partial charge on any atom is -0.488 e. The molecule has 2 aromatic carbocycles. The van der Waals surface area contributed by atoms with Crippen molar-refractivity contribution >= 4 is 23.9 Å². The number of likely N-dealkylation sites (tertiary alicyclic amines) is 1. The number of hydrogen-bond acceptors (Lipinski definition) is 5. The molecule has 4 rings (SSSR count). The maximum absolute atomic E-state index is 14.7. The number of carboxylic acids is 1. The largest absolute Gasteiger partial charge is 0.488 e. The molecule has 1 saturated heterocycles. The summed E-state index contributed by atoms with van der Waals surface area (Å²) in [4.78, 5) is 13.0. The Labute approximate surface area is 193 Å². The van der Waals surface area contributed by atoms with Crippen LogP contribution in [0.4, 0.5) is 4.39 Å². The van der Waals surface area contributed by atoms with Crippen LogP contribution in [0.3, 0.4) is 0 Å². The summed E-state index contributed by atoms with van der Waals surface area (Å²) in [5.74, 6) is -0.305. The number of hydrogen-bond donors (Lipinski definition) is 1. The van der Waals surface area contributed by atoms with E-state index in [0.29, 0.717) is 32.5 Å². The van der Waals surface area contributed by atoms with Gasteiger partial charge in [-0.1, -0.05) is 24.3 Å². The Hall–Kier alpha value is -2.61. The summed E-state index contributed by atoms with van der Waals surface area (Å²) < 4.78 is 31.5. The monoisotopic (exact) mass is 463 g/mol. The lowest BCUT2D eigenvalue weighted by Crippen LogP contribution is -2.49. The standard InChI is InChI=1S/C24H26FNO5.ClH/c1-29-12-13-30-22-7-6-17(14-20(22)25)19-15-24(31-21-5-3-2-4-18(19)21)8-10-26(11-9-24)16-23(27)28;/h2-7,14-15H,8-13,16H2,1H3,(H,27,28);1H. The zero-order valence-electron chi connectivity index (χ0n) is 17.9. The van der Waals surface area contributed by atoms with Gasteiger partial charge in [-0.05, 0) is 35.4 Å². The van der Waals surface area contributed by atoms with Crippen LogP contribution in [0, 0.1) is 5.82 Å². The van der Waals surface area contributed by atoms with E-state index in [1.807, 2.05) is 35.2 Å². The van der Waals surface area contributed by atoms with Crippen molar-refractivity contribution in [2.24, 2.45) is 0 Å². The van der Waals surface area contributed by atoms with Gasteiger partial charge >= 0.3 is 5.97 Å². The summed E-state index contributed by atoms with van der Waals surface area (Å²) in [6.45, 7) is 1.94. The first-order valence-electron chi connectivity index (χ1n) is 10.4. The van der Waals surface area contributed by atoms with Crippen molar-refractivity contribution in [3.05, 3.63) is 65.5 Å². The molecule has 0 atom stereocenters. The Morgan fingerprint density at radius 1 is 1.19 bits per heavy atom. The van der Waals surface area contributed by atoms with Crippen LogP contribution in [0.2, 0.25) is 0 Å². The molecule has 1 N–H and O–H groups in total. The Morgan fingerprint density at radius 2 is 1.94 bits per heavy atom. The number of carboxylic acid groups (broad SMARTS) is 1. The van der Waals surface area contributed by atoms with Crippen molar-refractivity contribution in [2.75, 3.05) is 40.0 Å². The minimum atomic E-state index is -0.828. The lowest BCUT2D eigenvalue weighted by Gasteiger charge is -2.42. The number of rotatable bonds is 7. The normalized spacial score (nSPS) is 17.0. The van der Waals surface area contributed by atoms with E-state index in [1.54, 1.807) is 13.2 Å². The predicted octanol–water partition coefficient (Wildman–Crippen LogP) is 4.02. The summed E-state index contributed by atoms with van der Waals surface area (Å²) in [6.07, 6.45) is 3.41. The van der Waals surface area contributed by atoms with E-state index in [1.165, 1.54) is 6.07 Å². The lowest BCUT2D eigenvalue weighted by atomic mass is 9.83. The number of carbonyl (C=O) groups is 1. The molecule has 1 fully saturated rings. The third kappa shape index (κ3) is 5.23. The summed E-state index contributed by atoms with van der Waals surface area (Å²) in [5, 5.41) is 9.07. The molecule has 0 saturated carbocycles. The van der Waals surface area contributed by atoms with Crippen molar-refractivity contribution in [2.45, 2.75) is 18.4 Å². The van der Waals surface area contributed by atoms with Crippen LogP contribution in [0.25, 0.3) is 5.57 Å². The molecular weight excluding hydrogens is 437 g/mol. The fraction of sp³-hybridized carbons (Fsp3) is 0.375. The van der Waals surface area contributed by atoms with E-state index >= 15 is 0 Å². The molecule has 0 aliphatic carbocycles. The molecule has 172 valence electrons. The molecule has 1 spiro atoms. The van der Waals surface area contributed by atoms with E-state index < -0.39 is 17.4 Å². The number of halogens is 2. The maximum Gasteiger partial charge on any atom is 0.317 e. The van der Waals surface area contributed by atoms with E-state index in [-0.39, 0.29) is 31.3 Å². The second kappa shape index (κ2) is 10.3. The van der Waals surface area contributed by atoms with Crippen LogP contribution >= 0.6 is 12.4 Å². The molecule has 2 aliphatic heterocycles. The van der Waals surface area contributed by atoms with Gasteiger partial charge in [0.1, 0.15) is 18.0 Å². The van der Waals surface area contributed by atoms with Crippen molar-refractivity contribution in [3.8, 4) is 11.5 Å². The summed E-state index contributed by atoms with van der Waals surface area (Å²) in [5.41, 5.74) is 2.03. The van der Waals surface area contributed by atoms with Crippen LogP contribution in [0.1, 0.15) is 24.0 Å². The van der Waals surface area contributed by atoms with E-state index in [9.17, 15) is 9.18 Å².